The fourth-order valence-electron chi connectivity index (χ4n) is 1.56. The molecule has 15 heavy (non-hydrogen) atoms. The van der Waals surface area contributed by atoms with Crippen molar-refractivity contribution in [3.8, 4) is 0 Å². The largest absolute Gasteiger partial charge is 0.394 e. The second kappa shape index (κ2) is 4.94. The molecule has 1 saturated heterocycles. The molecular formula is C11H21NO3. The first-order valence-corrected chi connectivity index (χ1v) is 5.49. The van der Waals surface area contributed by atoms with Gasteiger partial charge in [0.1, 0.15) is 6.10 Å². The van der Waals surface area contributed by atoms with Gasteiger partial charge in [0.15, 0.2) is 0 Å². The Labute approximate surface area is 91.2 Å². The van der Waals surface area contributed by atoms with E-state index in [1.54, 1.807) is 11.9 Å². The van der Waals surface area contributed by atoms with Gasteiger partial charge in [0.25, 0.3) is 5.91 Å². The van der Waals surface area contributed by atoms with Crippen molar-refractivity contribution < 1.29 is 14.6 Å². The molecule has 0 saturated carbocycles. The minimum absolute atomic E-state index is 0.0197. The fourth-order valence-corrected chi connectivity index (χ4v) is 1.56. The summed E-state index contributed by atoms with van der Waals surface area (Å²) in [6.07, 6.45) is 2.57. The summed E-state index contributed by atoms with van der Waals surface area (Å²) in [4.78, 5) is 13.6. The van der Waals surface area contributed by atoms with E-state index in [2.05, 4.69) is 0 Å². The van der Waals surface area contributed by atoms with Gasteiger partial charge in [-0.2, -0.15) is 0 Å². The number of hydrogen-bond donors (Lipinski definition) is 1. The lowest BCUT2D eigenvalue weighted by Crippen LogP contribution is -2.52. The van der Waals surface area contributed by atoms with Gasteiger partial charge in [0.05, 0.1) is 12.1 Å². The maximum atomic E-state index is 12.0. The molecule has 1 aliphatic rings. The van der Waals surface area contributed by atoms with Gasteiger partial charge in [0, 0.05) is 13.7 Å². The Bertz CT molecular complexity index is 222. The van der Waals surface area contributed by atoms with Crippen LogP contribution in [0.3, 0.4) is 0 Å². The number of aliphatic hydroxyl groups excluding tert-OH is 1. The molecule has 1 heterocycles. The number of aliphatic hydroxyl groups is 1. The average Bonchev–Trinajstić information content (AvgIpc) is 2.28. The molecule has 0 bridgehead atoms. The SMILES string of the molecule is CN(C(=O)C1CCCCO1)C(C)(C)CO. The maximum Gasteiger partial charge on any atom is 0.251 e. The van der Waals surface area contributed by atoms with Gasteiger partial charge < -0.3 is 14.7 Å². The summed E-state index contributed by atoms with van der Waals surface area (Å²) < 4.78 is 5.43. The van der Waals surface area contributed by atoms with E-state index in [9.17, 15) is 9.90 Å². The van der Waals surface area contributed by atoms with Crippen LogP contribution in [0.15, 0.2) is 0 Å². The van der Waals surface area contributed by atoms with Gasteiger partial charge in [-0.05, 0) is 33.1 Å². The Kier molecular flexibility index (Phi) is 4.11. The monoisotopic (exact) mass is 215 g/mol. The number of amides is 1. The van der Waals surface area contributed by atoms with Crippen LogP contribution in [0.2, 0.25) is 0 Å². The Morgan fingerprint density at radius 1 is 1.53 bits per heavy atom. The van der Waals surface area contributed by atoms with Crippen molar-refractivity contribution >= 4 is 5.91 Å². The van der Waals surface area contributed by atoms with Crippen molar-refractivity contribution in [3.63, 3.8) is 0 Å². The zero-order valence-electron chi connectivity index (χ0n) is 9.82. The van der Waals surface area contributed by atoms with Gasteiger partial charge in [-0.3, -0.25) is 4.79 Å². The third-order valence-electron chi connectivity index (χ3n) is 3.08. The third kappa shape index (κ3) is 2.92. The van der Waals surface area contributed by atoms with E-state index in [0.717, 1.165) is 19.3 Å². The molecule has 1 rings (SSSR count). The van der Waals surface area contributed by atoms with Crippen molar-refractivity contribution in [2.45, 2.75) is 44.8 Å². The van der Waals surface area contributed by atoms with E-state index in [1.165, 1.54) is 0 Å². The first-order valence-electron chi connectivity index (χ1n) is 5.49. The van der Waals surface area contributed by atoms with Crippen molar-refractivity contribution in [2.75, 3.05) is 20.3 Å². The standard InChI is InChI=1S/C11H21NO3/c1-11(2,8-13)12(3)10(14)9-6-4-5-7-15-9/h9,13H,4-8H2,1-3H3. The van der Waals surface area contributed by atoms with Gasteiger partial charge in [-0.15, -0.1) is 0 Å². The number of likely N-dealkylation sites (N-methyl/N-ethyl adjacent to an activating group) is 1. The molecule has 0 spiro atoms. The molecule has 0 aliphatic carbocycles. The van der Waals surface area contributed by atoms with E-state index >= 15 is 0 Å². The summed E-state index contributed by atoms with van der Waals surface area (Å²) in [5.74, 6) is -0.0197. The molecular weight excluding hydrogens is 194 g/mol. The molecule has 0 aromatic rings. The summed E-state index contributed by atoms with van der Waals surface area (Å²) in [5.41, 5.74) is -0.516. The minimum atomic E-state index is -0.516. The maximum absolute atomic E-state index is 12.0. The summed E-state index contributed by atoms with van der Waals surface area (Å²) in [5, 5.41) is 9.18. The Balaban J connectivity index is 2.58. The average molecular weight is 215 g/mol. The number of carbonyl (C=O) groups is 1. The quantitative estimate of drug-likeness (QED) is 0.757. The zero-order chi connectivity index (χ0) is 11.5. The Morgan fingerprint density at radius 2 is 2.20 bits per heavy atom. The highest BCUT2D eigenvalue weighted by atomic mass is 16.5. The topological polar surface area (TPSA) is 49.8 Å². The Morgan fingerprint density at radius 3 is 2.67 bits per heavy atom. The molecule has 1 atom stereocenters. The van der Waals surface area contributed by atoms with Gasteiger partial charge >= 0.3 is 0 Å². The molecule has 0 aromatic carbocycles. The van der Waals surface area contributed by atoms with Crippen molar-refractivity contribution in [1.82, 2.24) is 4.90 Å². The van der Waals surface area contributed by atoms with Crippen molar-refractivity contribution in [1.29, 1.82) is 0 Å². The van der Waals surface area contributed by atoms with Crippen LogP contribution in [0.1, 0.15) is 33.1 Å². The molecule has 1 fully saturated rings. The van der Waals surface area contributed by atoms with E-state index in [1.807, 2.05) is 13.8 Å². The normalized spacial score (nSPS) is 22.5. The van der Waals surface area contributed by atoms with Crippen LogP contribution >= 0.6 is 0 Å². The molecule has 1 N–H and O–H groups in total. The first kappa shape index (κ1) is 12.5. The first-order chi connectivity index (χ1) is 6.99. The molecule has 1 amide bonds. The number of ether oxygens (including phenoxy) is 1. The second-order valence-corrected chi connectivity index (χ2v) is 4.72. The lowest BCUT2D eigenvalue weighted by molar-refractivity contribution is -0.151. The van der Waals surface area contributed by atoms with Crippen LogP contribution < -0.4 is 0 Å². The van der Waals surface area contributed by atoms with Gasteiger partial charge in [-0.25, -0.2) is 0 Å². The minimum Gasteiger partial charge on any atom is -0.394 e. The second-order valence-electron chi connectivity index (χ2n) is 4.72. The number of hydrogen-bond acceptors (Lipinski definition) is 3. The molecule has 1 unspecified atom stereocenters. The van der Waals surface area contributed by atoms with Gasteiger partial charge in [-0.1, -0.05) is 0 Å². The van der Waals surface area contributed by atoms with Crippen molar-refractivity contribution in [3.05, 3.63) is 0 Å². The zero-order valence-corrected chi connectivity index (χ0v) is 9.82. The van der Waals surface area contributed by atoms with E-state index in [-0.39, 0.29) is 18.6 Å². The molecule has 1 aliphatic heterocycles. The molecule has 88 valence electrons. The number of nitrogens with zero attached hydrogens (tertiary/aromatic N) is 1. The van der Waals surface area contributed by atoms with E-state index in [0.29, 0.717) is 6.61 Å². The predicted molar refractivity (Wildman–Crippen MR) is 57.5 cm³/mol. The predicted octanol–water partition coefficient (Wildman–Crippen LogP) is 0.785. The third-order valence-corrected chi connectivity index (χ3v) is 3.08. The fraction of sp³-hybridized carbons (Fsp3) is 0.909. The highest BCUT2D eigenvalue weighted by molar-refractivity contribution is 5.81. The summed E-state index contributed by atoms with van der Waals surface area (Å²) in [6, 6.07) is 0. The molecule has 0 aromatic heterocycles. The highest BCUT2D eigenvalue weighted by Gasteiger charge is 2.32. The van der Waals surface area contributed by atoms with Crippen LogP contribution in [0.4, 0.5) is 0 Å². The Hall–Kier alpha value is -0.610. The van der Waals surface area contributed by atoms with Crippen molar-refractivity contribution in [2.24, 2.45) is 0 Å². The summed E-state index contributed by atoms with van der Waals surface area (Å²) >= 11 is 0. The summed E-state index contributed by atoms with van der Waals surface area (Å²) in [7, 11) is 1.72. The van der Waals surface area contributed by atoms with Crippen LogP contribution in [0.5, 0.6) is 0 Å². The number of rotatable bonds is 3. The highest BCUT2D eigenvalue weighted by Crippen LogP contribution is 2.19. The lowest BCUT2D eigenvalue weighted by atomic mass is 10.0. The molecule has 4 nitrogen and oxygen atoms in total. The van der Waals surface area contributed by atoms with Crippen LogP contribution in [0.25, 0.3) is 0 Å². The van der Waals surface area contributed by atoms with Crippen LogP contribution in [-0.2, 0) is 9.53 Å². The number of carbonyl (C=O) groups excluding carboxylic acids is 1. The van der Waals surface area contributed by atoms with E-state index in [4.69, 9.17) is 4.74 Å². The smallest absolute Gasteiger partial charge is 0.251 e. The lowest BCUT2D eigenvalue weighted by Gasteiger charge is -2.37. The van der Waals surface area contributed by atoms with Crippen LogP contribution in [0, 0.1) is 0 Å². The van der Waals surface area contributed by atoms with Crippen LogP contribution in [-0.4, -0.2) is 47.8 Å². The molecule has 4 heteroatoms. The van der Waals surface area contributed by atoms with Gasteiger partial charge in [0.2, 0.25) is 0 Å². The molecule has 0 radical (unpaired) electrons. The van der Waals surface area contributed by atoms with E-state index < -0.39 is 5.54 Å². The summed E-state index contributed by atoms with van der Waals surface area (Å²) in [6.45, 7) is 4.31.